The van der Waals surface area contributed by atoms with Crippen molar-refractivity contribution in [1.82, 2.24) is 9.13 Å². The molecule has 0 saturated carbocycles. The van der Waals surface area contributed by atoms with Gasteiger partial charge in [-0.15, -0.1) is 0 Å². The second-order valence-electron chi connectivity index (χ2n) is 7.64. The van der Waals surface area contributed by atoms with Crippen LogP contribution >= 0.6 is 0 Å². The highest BCUT2D eigenvalue weighted by molar-refractivity contribution is 5.91. The van der Waals surface area contributed by atoms with Gasteiger partial charge in [0.1, 0.15) is 0 Å². The largest absolute Gasteiger partial charge is 0.374 e. The molecule has 28 heavy (non-hydrogen) atoms. The number of aromatic nitrogens is 2. The minimum Gasteiger partial charge on any atom is -0.374 e. The lowest BCUT2D eigenvalue weighted by atomic mass is 10.0. The Bertz CT molecular complexity index is 1110. The monoisotopic (exact) mass is 378 g/mol. The Morgan fingerprint density at radius 2 is 1.82 bits per heavy atom. The first-order chi connectivity index (χ1) is 13.4. The fraction of sp³-hybridized carbons (Fsp3) is 0.364. The first-order valence-electron chi connectivity index (χ1n) is 9.72. The number of imidazole rings is 1. The number of rotatable bonds is 4. The third-order valence-electron chi connectivity index (χ3n) is 5.70. The predicted octanol–water partition coefficient (Wildman–Crippen LogP) is 2.83. The van der Waals surface area contributed by atoms with Crippen LogP contribution in [0.2, 0.25) is 0 Å². The molecule has 0 bridgehead atoms. The van der Waals surface area contributed by atoms with Crippen molar-refractivity contribution < 1.29 is 4.79 Å². The maximum atomic E-state index is 12.4. The van der Waals surface area contributed by atoms with E-state index in [1.807, 2.05) is 24.3 Å². The smallest absolute Gasteiger partial charge is 0.328 e. The van der Waals surface area contributed by atoms with Gasteiger partial charge in [-0.1, -0.05) is 12.1 Å². The van der Waals surface area contributed by atoms with Gasteiger partial charge < -0.3 is 10.2 Å². The average molecular weight is 378 g/mol. The third-order valence-corrected chi connectivity index (χ3v) is 5.70. The lowest BCUT2D eigenvalue weighted by molar-refractivity contribution is -0.116. The number of benzene rings is 2. The first-order valence-corrected chi connectivity index (χ1v) is 9.72. The van der Waals surface area contributed by atoms with E-state index >= 15 is 0 Å². The molecule has 0 radical (unpaired) electrons. The number of aryl methyl sites for hydroxylation is 4. The summed E-state index contributed by atoms with van der Waals surface area (Å²) in [6.07, 6.45) is 3.31. The second kappa shape index (κ2) is 7.19. The van der Waals surface area contributed by atoms with Gasteiger partial charge in [0.15, 0.2) is 0 Å². The topological polar surface area (TPSA) is 59.3 Å². The molecule has 1 aliphatic rings. The van der Waals surface area contributed by atoms with Crippen LogP contribution in [0.3, 0.4) is 0 Å². The molecule has 1 aliphatic heterocycles. The molecule has 1 aromatic heterocycles. The normalized spacial score (nSPS) is 13.6. The van der Waals surface area contributed by atoms with Crippen molar-refractivity contribution in [2.75, 3.05) is 23.8 Å². The summed E-state index contributed by atoms with van der Waals surface area (Å²) >= 11 is 0. The number of amides is 1. The summed E-state index contributed by atoms with van der Waals surface area (Å²) in [5.74, 6) is 0.000426. The van der Waals surface area contributed by atoms with Gasteiger partial charge in [0.2, 0.25) is 5.91 Å². The van der Waals surface area contributed by atoms with Crippen molar-refractivity contribution in [3.05, 3.63) is 58.0 Å². The Kier molecular flexibility index (Phi) is 4.71. The van der Waals surface area contributed by atoms with Crippen LogP contribution in [-0.2, 0) is 31.7 Å². The van der Waals surface area contributed by atoms with Crippen LogP contribution in [0, 0.1) is 0 Å². The van der Waals surface area contributed by atoms with E-state index in [0.29, 0.717) is 12.8 Å². The van der Waals surface area contributed by atoms with Crippen molar-refractivity contribution in [2.45, 2.75) is 25.7 Å². The number of carbonyl (C=O) groups is 1. The van der Waals surface area contributed by atoms with E-state index in [4.69, 9.17) is 0 Å². The number of fused-ring (bicyclic) bond motifs is 2. The van der Waals surface area contributed by atoms with Gasteiger partial charge in [-0.2, -0.15) is 0 Å². The number of anilines is 2. The number of nitrogens with zero attached hydrogens (tertiary/aromatic N) is 3. The Morgan fingerprint density at radius 1 is 1.04 bits per heavy atom. The molecule has 2 aromatic carbocycles. The second-order valence-corrected chi connectivity index (χ2v) is 7.64. The zero-order valence-electron chi connectivity index (χ0n) is 16.7. The molecule has 0 spiro atoms. The van der Waals surface area contributed by atoms with Crippen LogP contribution in [0.4, 0.5) is 11.4 Å². The Hall–Kier alpha value is -3.02. The quantitative estimate of drug-likeness (QED) is 0.759. The van der Waals surface area contributed by atoms with Crippen LogP contribution < -0.4 is 15.9 Å². The van der Waals surface area contributed by atoms with Gasteiger partial charge in [0, 0.05) is 45.5 Å². The van der Waals surface area contributed by atoms with Crippen molar-refractivity contribution in [1.29, 1.82) is 0 Å². The number of carbonyl (C=O) groups excluding carboxylic acids is 1. The Morgan fingerprint density at radius 3 is 2.64 bits per heavy atom. The van der Waals surface area contributed by atoms with Crippen LogP contribution in [0.1, 0.15) is 24.0 Å². The summed E-state index contributed by atoms with van der Waals surface area (Å²) in [4.78, 5) is 26.7. The van der Waals surface area contributed by atoms with E-state index in [1.54, 1.807) is 23.2 Å². The van der Waals surface area contributed by atoms with Crippen LogP contribution in [0.25, 0.3) is 11.0 Å². The van der Waals surface area contributed by atoms with E-state index in [0.717, 1.165) is 35.2 Å². The maximum Gasteiger partial charge on any atom is 0.328 e. The number of hydrogen-bond donors (Lipinski definition) is 1. The molecule has 1 N–H and O–H groups in total. The Labute approximate surface area is 164 Å². The van der Waals surface area contributed by atoms with Crippen molar-refractivity contribution in [3.8, 4) is 0 Å². The van der Waals surface area contributed by atoms with Gasteiger partial charge in [-0.25, -0.2) is 4.79 Å². The molecular weight excluding hydrogens is 352 g/mol. The van der Waals surface area contributed by atoms with Crippen LogP contribution in [0.5, 0.6) is 0 Å². The molecule has 0 saturated heterocycles. The first kappa shape index (κ1) is 18.3. The zero-order valence-corrected chi connectivity index (χ0v) is 16.7. The van der Waals surface area contributed by atoms with Crippen LogP contribution in [0.15, 0.2) is 41.2 Å². The molecule has 1 amide bonds. The van der Waals surface area contributed by atoms with Crippen molar-refractivity contribution >= 4 is 28.3 Å². The van der Waals surface area contributed by atoms with Gasteiger partial charge in [-0.05, 0) is 54.7 Å². The van der Waals surface area contributed by atoms with Crippen molar-refractivity contribution in [3.63, 3.8) is 0 Å². The lowest BCUT2D eigenvalue weighted by Gasteiger charge is -2.28. The Balaban J connectivity index is 1.44. The molecular formula is C22H26N4O2. The van der Waals surface area contributed by atoms with E-state index in [1.165, 1.54) is 17.7 Å². The van der Waals surface area contributed by atoms with E-state index in [2.05, 4.69) is 29.4 Å². The summed E-state index contributed by atoms with van der Waals surface area (Å²) in [6.45, 7) is 1.05. The minimum absolute atomic E-state index is 0.000426. The highest BCUT2D eigenvalue weighted by Gasteiger charge is 2.15. The van der Waals surface area contributed by atoms with E-state index < -0.39 is 0 Å². The fourth-order valence-corrected chi connectivity index (χ4v) is 4.02. The van der Waals surface area contributed by atoms with E-state index in [9.17, 15) is 9.59 Å². The molecule has 4 rings (SSSR count). The molecule has 0 unspecified atom stereocenters. The molecule has 146 valence electrons. The zero-order chi connectivity index (χ0) is 19.8. The molecule has 0 fully saturated rings. The number of hydrogen-bond acceptors (Lipinski definition) is 3. The molecule has 6 heteroatoms. The molecule has 2 heterocycles. The maximum absolute atomic E-state index is 12.4. The van der Waals surface area contributed by atoms with Gasteiger partial charge in [0.25, 0.3) is 0 Å². The third kappa shape index (κ3) is 3.30. The summed E-state index contributed by atoms with van der Waals surface area (Å²) < 4.78 is 3.28. The SMILES string of the molecule is CN1CCCc2ccc(NC(=O)CCc3ccc4c(c3)n(C)c(=O)n4C)cc21. The summed E-state index contributed by atoms with van der Waals surface area (Å²) in [6, 6.07) is 12.1. The van der Waals surface area contributed by atoms with Gasteiger partial charge in [0.05, 0.1) is 11.0 Å². The molecule has 0 atom stereocenters. The highest BCUT2D eigenvalue weighted by atomic mass is 16.2. The molecule has 6 nitrogen and oxygen atoms in total. The van der Waals surface area contributed by atoms with Crippen LogP contribution in [-0.4, -0.2) is 28.6 Å². The molecule has 3 aromatic rings. The standard InChI is InChI=1S/C22H26N4O2/c1-24-12-4-5-16-8-9-17(14-19(16)24)23-21(27)11-7-15-6-10-18-20(13-15)26(3)22(28)25(18)2/h6,8-10,13-14H,4-5,7,11-12H2,1-3H3,(H,23,27). The van der Waals surface area contributed by atoms with Crippen molar-refractivity contribution in [2.24, 2.45) is 14.1 Å². The number of nitrogens with one attached hydrogen (secondary N) is 1. The summed E-state index contributed by atoms with van der Waals surface area (Å²) in [5.41, 5.74) is 6.20. The molecule has 0 aliphatic carbocycles. The minimum atomic E-state index is -0.0396. The van der Waals surface area contributed by atoms with E-state index in [-0.39, 0.29) is 11.6 Å². The lowest BCUT2D eigenvalue weighted by Crippen LogP contribution is -2.24. The summed E-state index contributed by atoms with van der Waals surface area (Å²) in [7, 11) is 5.64. The average Bonchev–Trinajstić information content (AvgIpc) is 2.91. The fourth-order valence-electron chi connectivity index (χ4n) is 4.02. The van der Waals surface area contributed by atoms with Gasteiger partial charge >= 0.3 is 5.69 Å². The summed E-state index contributed by atoms with van der Waals surface area (Å²) in [5, 5.41) is 3.02. The predicted molar refractivity (Wildman–Crippen MR) is 113 cm³/mol. The van der Waals surface area contributed by atoms with Gasteiger partial charge in [-0.3, -0.25) is 13.9 Å². The highest BCUT2D eigenvalue weighted by Crippen LogP contribution is 2.29.